The lowest BCUT2D eigenvalue weighted by Crippen LogP contribution is -2.25. The molecule has 0 aliphatic rings. The van der Waals surface area contributed by atoms with Gasteiger partial charge in [0.25, 0.3) is 5.91 Å². The third-order valence-electron chi connectivity index (χ3n) is 5.42. The highest BCUT2D eigenvalue weighted by Gasteiger charge is 2.06. The summed E-state index contributed by atoms with van der Waals surface area (Å²) in [7, 11) is 0. The summed E-state index contributed by atoms with van der Waals surface area (Å²) in [5, 5.41) is 14.2. The normalized spacial score (nSPS) is 11.4. The molecule has 0 fully saturated rings. The number of nitrogens with one attached hydrogen (secondary N) is 2. The van der Waals surface area contributed by atoms with Crippen LogP contribution in [-0.2, 0) is 4.79 Å². The molecule has 1 amide bonds. The van der Waals surface area contributed by atoms with Gasteiger partial charge >= 0.3 is 0 Å². The second-order valence-electron chi connectivity index (χ2n) is 7.41. The van der Waals surface area contributed by atoms with Crippen LogP contribution in [0.3, 0.4) is 0 Å². The van der Waals surface area contributed by atoms with Crippen LogP contribution in [0.25, 0.3) is 32.3 Å². The van der Waals surface area contributed by atoms with Crippen LogP contribution in [0.4, 0.5) is 5.69 Å². The summed E-state index contributed by atoms with van der Waals surface area (Å²) in [6, 6.07) is 32.7. The van der Waals surface area contributed by atoms with Crippen LogP contribution in [0.5, 0.6) is 0 Å². The average molecular weight is 403 g/mol. The largest absolute Gasteiger partial charge is 0.376 e. The van der Waals surface area contributed by atoms with E-state index in [2.05, 4.69) is 58.3 Å². The van der Waals surface area contributed by atoms with Gasteiger partial charge in [-0.25, -0.2) is 5.43 Å². The molecule has 0 saturated heterocycles. The Labute approximate surface area is 180 Å². The summed E-state index contributed by atoms with van der Waals surface area (Å²) >= 11 is 0. The first-order valence-electron chi connectivity index (χ1n) is 10.2. The van der Waals surface area contributed by atoms with Crippen molar-refractivity contribution in [1.82, 2.24) is 5.43 Å². The third-order valence-corrected chi connectivity index (χ3v) is 5.42. The summed E-state index contributed by atoms with van der Waals surface area (Å²) in [5.74, 6) is -0.200. The van der Waals surface area contributed by atoms with Gasteiger partial charge in [0.2, 0.25) is 0 Å². The molecule has 0 aliphatic heterocycles. The predicted octanol–water partition coefficient (Wildman–Crippen LogP) is 5.71. The molecule has 0 heterocycles. The zero-order chi connectivity index (χ0) is 21.0. The van der Waals surface area contributed by atoms with Gasteiger partial charge in [0, 0.05) is 16.6 Å². The van der Waals surface area contributed by atoms with E-state index in [9.17, 15) is 4.79 Å². The number of nitrogens with zero attached hydrogens (tertiary/aromatic N) is 1. The first kappa shape index (κ1) is 18.8. The van der Waals surface area contributed by atoms with E-state index < -0.39 is 0 Å². The average Bonchev–Trinajstić information content (AvgIpc) is 2.82. The zero-order valence-corrected chi connectivity index (χ0v) is 16.9. The number of carbonyl (C=O) groups is 1. The summed E-state index contributed by atoms with van der Waals surface area (Å²) in [6.07, 6.45) is 1.74. The highest BCUT2D eigenvalue weighted by molar-refractivity contribution is 6.13. The molecule has 2 N–H and O–H groups in total. The highest BCUT2D eigenvalue weighted by Crippen LogP contribution is 2.27. The van der Waals surface area contributed by atoms with E-state index >= 15 is 0 Å². The molecule has 4 heteroatoms. The van der Waals surface area contributed by atoms with Crippen LogP contribution in [-0.4, -0.2) is 18.7 Å². The van der Waals surface area contributed by atoms with Crippen molar-refractivity contribution in [2.24, 2.45) is 5.10 Å². The first-order valence-corrected chi connectivity index (χ1v) is 10.2. The van der Waals surface area contributed by atoms with E-state index in [0.29, 0.717) is 0 Å². The maximum absolute atomic E-state index is 12.4. The Bertz CT molecular complexity index is 1380. The zero-order valence-electron chi connectivity index (χ0n) is 16.9. The molecule has 0 aliphatic carbocycles. The smallest absolute Gasteiger partial charge is 0.259 e. The fourth-order valence-electron chi connectivity index (χ4n) is 3.95. The van der Waals surface area contributed by atoms with Gasteiger partial charge in [-0.05, 0) is 39.1 Å². The monoisotopic (exact) mass is 403 g/mol. The molecular weight excluding hydrogens is 382 g/mol. The number of hydrogen-bond donors (Lipinski definition) is 2. The van der Waals surface area contributed by atoms with Gasteiger partial charge in [-0.15, -0.1) is 0 Å². The minimum absolute atomic E-state index is 0.141. The molecule has 31 heavy (non-hydrogen) atoms. The van der Waals surface area contributed by atoms with Gasteiger partial charge in [-0.3, -0.25) is 4.79 Å². The summed E-state index contributed by atoms with van der Waals surface area (Å²) in [4.78, 5) is 12.4. The third kappa shape index (κ3) is 3.83. The molecule has 5 rings (SSSR count). The van der Waals surface area contributed by atoms with Gasteiger partial charge in [-0.1, -0.05) is 84.9 Å². The Hall–Kier alpha value is -4.18. The van der Waals surface area contributed by atoms with E-state index in [-0.39, 0.29) is 12.5 Å². The second kappa shape index (κ2) is 8.28. The first-order chi connectivity index (χ1) is 15.3. The number of rotatable bonds is 5. The van der Waals surface area contributed by atoms with Gasteiger partial charge < -0.3 is 5.32 Å². The topological polar surface area (TPSA) is 53.5 Å². The second-order valence-corrected chi connectivity index (χ2v) is 7.41. The van der Waals surface area contributed by atoms with Gasteiger partial charge in [-0.2, -0.15) is 5.10 Å². The lowest BCUT2D eigenvalue weighted by atomic mass is 9.97. The maximum atomic E-state index is 12.4. The summed E-state index contributed by atoms with van der Waals surface area (Å²) in [6.45, 7) is 0.141. The van der Waals surface area contributed by atoms with E-state index in [0.717, 1.165) is 43.6 Å². The van der Waals surface area contributed by atoms with Crippen LogP contribution < -0.4 is 10.7 Å². The van der Waals surface area contributed by atoms with Crippen LogP contribution in [0.15, 0.2) is 102 Å². The van der Waals surface area contributed by atoms with Crippen molar-refractivity contribution < 1.29 is 4.79 Å². The quantitative estimate of drug-likeness (QED) is 0.224. The Balaban J connectivity index is 1.34. The molecule has 0 unspecified atom stereocenters. The number of fused-ring (bicyclic) bond motifs is 3. The number of hydrogen-bond acceptors (Lipinski definition) is 3. The minimum Gasteiger partial charge on any atom is -0.376 e. The van der Waals surface area contributed by atoms with E-state index in [1.54, 1.807) is 6.21 Å². The number of amides is 1. The molecular formula is C27H21N3O. The molecule has 4 nitrogen and oxygen atoms in total. The number of benzene rings is 5. The van der Waals surface area contributed by atoms with Crippen molar-refractivity contribution >= 4 is 50.1 Å². The lowest BCUT2D eigenvalue weighted by molar-refractivity contribution is -0.119. The Morgan fingerprint density at radius 3 is 2.00 bits per heavy atom. The molecule has 0 radical (unpaired) electrons. The van der Waals surface area contributed by atoms with Crippen LogP contribution in [0, 0.1) is 0 Å². The molecule has 150 valence electrons. The van der Waals surface area contributed by atoms with Crippen molar-refractivity contribution in [2.75, 3.05) is 11.9 Å². The standard InChI is InChI=1S/C27H21N3O/c31-27(18-28-26-15-7-11-19-8-1-6-14-24(19)26)30-29-17-25-22-12-4-2-9-20(22)16-21-10-3-5-13-23(21)25/h1-17,28H,18H2,(H,30,31)/b29-17-. The molecule has 0 aromatic heterocycles. The number of carbonyl (C=O) groups excluding carboxylic acids is 1. The van der Waals surface area contributed by atoms with Crippen molar-refractivity contribution in [3.8, 4) is 0 Å². The molecule has 0 saturated carbocycles. The Kier molecular flexibility index (Phi) is 5.03. The molecule has 5 aromatic rings. The fraction of sp³-hybridized carbons (Fsp3) is 0.0370. The van der Waals surface area contributed by atoms with Crippen molar-refractivity contribution in [3.05, 3.63) is 103 Å². The van der Waals surface area contributed by atoms with E-state index in [1.807, 2.05) is 54.6 Å². The molecule has 0 atom stereocenters. The lowest BCUT2D eigenvalue weighted by Gasteiger charge is -2.09. The van der Waals surface area contributed by atoms with Crippen molar-refractivity contribution in [1.29, 1.82) is 0 Å². The molecule has 0 bridgehead atoms. The minimum atomic E-state index is -0.200. The van der Waals surface area contributed by atoms with Crippen LogP contribution in [0.1, 0.15) is 5.56 Å². The molecule has 0 spiro atoms. The highest BCUT2D eigenvalue weighted by atomic mass is 16.2. The van der Waals surface area contributed by atoms with Gasteiger partial charge in [0.05, 0.1) is 12.8 Å². The van der Waals surface area contributed by atoms with E-state index in [4.69, 9.17) is 0 Å². The summed E-state index contributed by atoms with van der Waals surface area (Å²) < 4.78 is 0. The van der Waals surface area contributed by atoms with Crippen molar-refractivity contribution in [2.45, 2.75) is 0 Å². The van der Waals surface area contributed by atoms with Gasteiger partial charge in [0.15, 0.2) is 0 Å². The molecule has 5 aromatic carbocycles. The number of anilines is 1. The maximum Gasteiger partial charge on any atom is 0.259 e. The Morgan fingerprint density at radius 2 is 1.29 bits per heavy atom. The van der Waals surface area contributed by atoms with Crippen molar-refractivity contribution in [3.63, 3.8) is 0 Å². The van der Waals surface area contributed by atoms with Gasteiger partial charge in [0.1, 0.15) is 0 Å². The van der Waals surface area contributed by atoms with Crippen LogP contribution >= 0.6 is 0 Å². The predicted molar refractivity (Wildman–Crippen MR) is 130 cm³/mol. The summed E-state index contributed by atoms with van der Waals surface area (Å²) in [5.41, 5.74) is 4.57. The number of hydrazone groups is 1. The fourth-order valence-corrected chi connectivity index (χ4v) is 3.95. The Morgan fingerprint density at radius 1 is 0.710 bits per heavy atom. The van der Waals surface area contributed by atoms with E-state index in [1.165, 1.54) is 0 Å². The SMILES string of the molecule is O=C(CNc1cccc2ccccc12)N/N=C\c1c2ccccc2cc2ccccc12. The van der Waals surface area contributed by atoms with Crippen LogP contribution in [0.2, 0.25) is 0 Å².